The maximum Gasteiger partial charge on any atom is 0.227 e. The average molecular weight is 247 g/mol. The summed E-state index contributed by atoms with van der Waals surface area (Å²) in [4.78, 5) is 24.6. The number of carbonyl (C=O) groups excluding carboxylic acids is 2. The van der Waals surface area contributed by atoms with E-state index in [0.29, 0.717) is 25.2 Å². The van der Waals surface area contributed by atoms with Crippen molar-refractivity contribution in [2.45, 2.75) is 13.3 Å². The standard InChI is InChI=1S/C13H17N3O2/c1-9(17)15-11-3-2-4-12(6-11)16-8-10(7-14)5-13(16)18/h2-4,6,10H,5,7-8,14H2,1H3,(H,15,17). The van der Waals surface area contributed by atoms with E-state index in [-0.39, 0.29) is 17.7 Å². The summed E-state index contributed by atoms with van der Waals surface area (Å²) in [5, 5.41) is 2.71. The van der Waals surface area contributed by atoms with Gasteiger partial charge in [-0.2, -0.15) is 0 Å². The van der Waals surface area contributed by atoms with Gasteiger partial charge in [-0.05, 0) is 30.7 Å². The maximum absolute atomic E-state index is 11.9. The molecule has 3 N–H and O–H groups in total. The number of rotatable bonds is 3. The third-order valence-corrected chi connectivity index (χ3v) is 3.02. The van der Waals surface area contributed by atoms with E-state index in [1.165, 1.54) is 6.92 Å². The number of nitrogens with zero attached hydrogens (tertiary/aromatic N) is 1. The smallest absolute Gasteiger partial charge is 0.227 e. The molecule has 96 valence electrons. The Morgan fingerprint density at radius 1 is 1.56 bits per heavy atom. The summed E-state index contributed by atoms with van der Waals surface area (Å²) in [5.41, 5.74) is 7.10. The molecule has 1 heterocycles. The van der Waals surface area contributed by atoms with Crippen LogP contribution in [0.2, 0.25) is 0 Å². The van der Waals surface area contributed by atoms with Gasteiger partial charge in [-0.1, -0.05) is 6.07 Å². The molecule has 1 unspecified atom stereocenters. The van der Waals surface area contributed by atoms with Crippen LogP contribution in [0.4, 0.5) is 11.4 Å². The lowest BCUT2D eigenvalue weighted by Gasteiger charge is -2.17. The predicted octanol–water partition coefficient (Wildman–Crippen LogP) is 0.957. The van der Waals surface area contributed by atoms with Gasteiger partial charge in [0.2, 0.25) is 11.8 Å². The highest BCUT2D eigenvalue weighted by Gasteiger charge is 2.29. The zero-order valence-corrected chi connectivity index (χ0v) is 10.3. The Hall–Kier alpha value is -1.88. The lowest BCUT2D eigenvalue weighted by Crippen LogP contribution is -2.25. The largest absolute Gasteiger partial charge is 0.330 e. The minimum Gasteiger partial charge on any atom is -0.330 e. The first-order valence-corrected chi connectivity index (χ1v) is 5.98. The molecule has 5 heteroatoms. The van der Waals surface area contributed by atoms with E-state index >= 15 is 0 Å². The Balaban J connectivity index is 2.18. The number of nitrogens with one attached hydrogen (secondary N) is 1. The topological polar surface area (TPSA) is 75.4 Å². The van der Waals surface area contributed by atoms with Gasteiger partial charge >= 0.3 is 0 Å². The third kappa shape index (κ3) is 2.68. The number of hydrogen-bond acceptors (Lipinski definition) is 3. The van der Waals surface area contributed by atoms with Crippen LogP contribution < -0.4 is 16.0 Å². The molecule has 0 bridgehead atoms. The summed E-state index contributed by atoms with van der Waals surface area (Å²) in [6.45, 7) is 2.63. The van der Waals surface area contributed by atoms with E-state index in [1.807, 2.05) is 12.1 Å². The molecule has 1 aliphatic heterocycles. The van der Waals surface area contributed by atoms with Crippen molar-refractivity contribution < 1.29 is 9.59 Å². The van der Waals surface area contributed by atoms with Crippen molar-refractivity contribution in [3.8, 4) is 0 Å². The second kappa shape index (κ2) is 5.18. The molecule has 1 aromatic rings. The molecule has 1 aromatic carbocycles. The minimum atomic E-state index is -0.125. The minimum absolute atomic E-state index is 0.0884. The maximum atomic E-state index is 11.9. The summed E-state index contributed by atoms with van der Waals surface area (Å²) in [6, 6.07) is 7.29. The van der Waals surface area contributed by atoms with Crippen molar-refractivity contribution in [2.24, 2.45) is 11.7 Å². The van der Waals surface area contributed by atoms with Crippen LogP contribution in [0.15, 0.2) is 24.3 Å². The first-order chi connectivity index (χ1) is 8.60. The quantitative estimate of drug-likeness (QED) is 0.835. The number of hydrogen-bond donors (Lipinski definition) is 2. The fourth-order valence-corrected chi connectivity index (χ4v) is 2.14. The Kier molecular flexibility index (Phi) is 3.62. The van der Waals surface area contributed by atoms with Gasteiger partial charge in [-0.3, -0.25) is 9.59 Å². The number of nitrogens with two attached hydrogens (primary N) is 1. The summed E-state index contributed by atoms with van der Waals surface area (Å²) < 4.78 is 0. The van der Waals surface area contributed by atoms with Crippen LogP contribution in [-0.4, -0.2) is 24.9 Å². The molecule has 0 aliphatic carbocycles. The molecule has 2 rings (SSSR count). The van der Waals surface area contributed by atoms with Gasteiger partial charge in [0.05, 0.1) is 0 Å². The number of carbonyl (C=O) groups is 2. The summed E-state index contributed by atoms with van der Waals surface area (Å²) in [6.07, 6.45) is 0.501. The Labute approximate surface area is 106 Å². The molecule has 2 amide bonds. The van der Waals surface area contributed by atoms with Crippen LogP contribution >= 0.6 is 0 Å². The summed E-state index contributed by atoms with van der Waals surface area (Å²) >= 11 is 0. The van der Waals surface area contributed by atoms with Crippen LogP contribution in [0.5, 0.6) is 0 Å². The van der Waals surface area contributed by atoms with Gasteiger partial charge in [0.15, 0.2) is 0 Å². The molecule has 0 radical (unpaired) electrons. The van der Waals surface area contributed by atoms with Crippen LogP contribution in [-0.2, 0) is 9.59 Å². The first-order valence-electron chi connectivity index (χ1n) is 5.98. The van der Waals surface area contributed by atoms with Crippen LogP contribution in [0.1, 0.15) is 13.3 Å². The monoisotopic (exact) mass is 247 g/mol. The van der Waals surface area contributed by atoms with Crippen molar-refractivity contribution in [3.05, 3.63) is 24.3 Å². The summed E-state index contributed by atoms with van der Waals surface area (Å²) in [5.74, 6) is 0.187. The SMILES string of the molecule is CC(=O)Nc1cccc(N2CC(CN)CC2=O)c1. The van der Waals surface area contributed by atoms with Gasteiger partial charge in [0.1, 0.15) is 0 Å². The van der Waals surface area contributed by atoms with E-state index in [9.17, 15) is 9.59 Å². The first kappa shape index (κ1) is 12.6. The predicted molar refractivity (Wildman–Crippen MR) is 70.3 cm³/mol. The van der Waals surface area contributed by atoms with Crippen LogP contribution in [0, 0.1) is 5.92 Å². The number of amides is 2. The van der Waals surface area contributed by atoms with Gasteiger partial charge in [0.25, 0.3) is 0 Å². The molecule has 0 aromatic heterocycles. The van der Waals surface area contributed by atoms with Gasteiger partial charge < -0.3 is 16.0 Å². The highest BCUT2D eigenvalue weighted by atomic mass is 16.2. The molecule has 5 nitrogen and oxygen atoms in total. The lowest BCUT2D eigenvalue weighted by molar-refractivity contribution is -0.117. The molecule has 1 atom stereocenters. The van der Waals surface area contributed by atoms with Gasteiger partial charge in [-0.25, -0.2) is 0 Å². The van der Waals surface area contributed by atoms with Gasteiger partial charge in [-0.15, -0.1) is 0 Å². The fourth-order valence-electron chi connectivity index (χ4n) is 2.14. The number of benzene rings is 1. The van der Waals surface area contributed by atoms with E-state index in [4.69, 9.17) is 5.73 Å². The average Bonchev–Trinajstić information content (AvgIpc) is 2.70. The van der Waals surface area contributed by atoms with E-state index in [0.717, 1.165) is 5.69 Å². The van der Waals surface area contributed by atoms with Crippen molar-refractivity contribution in [1.82, 2.24) is 0 Å². The highest BCUT2D eigenvalue weighted by molar-refractivity contribution is 5.97. The number of anilines is 2. The lowest BCUT2D eigenvalue weighted by atomic mass is 10.1. The molecular weight excluding hydrogens is 230 g/mol. The highest BCUT2D eigenvalue weighted by Crippen LogP contribution is 2.26. The molecular formula is C13H17N3O2. The Morgan fingerprint density at radius 3 is 2.94 bits per heavy atom. The molecule has 18 heavy (non-hydrogen) atoms. The molecule has 0 spiro atoms. The molecule has 1 aliphatic rings. The zero-order valence-electron chi connectivity index (χ0n) is 10.3. The van der Waals surface area contributed by atoms with Crippen molar-refractivity contribution in [2.75, 3.05) is 23.3 Å². The van der Waals surface area contributed by atoms with E-state index in [2.05, 4.69) is 5.32 Å². The van der Waals surface area contributed by atoms with Crippen molar-refractivity contribution in [1.29, 1.82) is 0 Å². The van der Waals surface area contributed by atoms with E-state index < -0.39 is 0 Å². The zero-order chi connectivity index (χ0) is 13.1. The normalized spacial score (nSPS) is 19.1. The van der Waals surface area contributed by atoms with Gasteiger partial charge in [0, 0.05) is 31.3 Å². The van der Waals surface area contributed by atoms with Crippen molar-refractivity contribution >= 4 is 23.2 Å². The van der Waals surface area contributed by atoms with Crippen molar-refractivity contribution in [3.63, 3.8) is 0 Å². The second-order valence-electron chi connectivity index (χ2n) is 4.54. The fraction of sp³-hybridized carbons (Fsp3) is 0.385. The van der Waals surface area contributed by atoms with E-state index in [1.54, 1.807) is 17.0 Å². The Morgan fingerprint density at radius 2 is 2.33 bits per heavy atom. The molecule has 1 fully saturated rings. The second-order valence-corrected chi connectivity index (χ2v) is 4.54. The third-order valence-electron chi connectivity index (χ3n) is 3.02. The van der Waals surface area contributed by atoms with Crippen LogP contribution in [0.25, 0.3) is 0 Å². The molecule has 0 saturated carbocycles. The Bertz CT molecular complexity index is 473. The van der Waals surface area contributed by atoms with Crippen LogP contribution in [0.3, 0.4) is 0 Å². The summed E-state index contributed by atoms with van der Waals surface area (Å²) in [7, 11) is 0. The molecule has 1 saturated heterocycles.